The number of nitrogens with two attached hydrogens (primary N) is 1. The second kappa shape index (κ2) is 4.72. The first-order chi connectivity index (χ1) is 9.20. The molecule has 0 aromatic carbocycles. The summed E-state index contributed by atoms with van der Waals surface area (Å²) in [5.74, 6) is 1.02. The number of hydrogen-bond acceptors (Lipinski definition) is 4. The molecule has 1 aromatic rings. The number of rotatable bonds is 3. The van der Waals surface area contributed by atoms with Crippen LogP contribution in [0, 0.1) is 0 Å². The molecule has 0 unspecified atom stereocenters. The van der Waals surface area contributed by atoms with Gasteiger partial charge >= 0.3 is 0 Å². The Hall–Kier alpha value is -1.78. The van der Waals surface area contributed by atoms with E-state index in [2.05, 4.69) is 16.1 Å². The maximum Gasteiger partial charge on any atom is 0.173 e. The summed E-state index contributed by atoms with van der Waals surface area (Å²) in [6, 6.07) is 2.62. The van der Waals surface area contributed by atoms with E-state index in [0.717, 1.165) is 24.2 Å². The molecular formula is C14H20N4O. The van der Waals surface area contributed by atoms with Gasteiger partial charge in [-0.05, 0) is 50.2 Å². The molecule has 5 nitrogen and oxygen atoms in total. The van der Waals surface area contributed by atoms with Crippen LogP contribution in [0.3, 0.4) is 0 Å². The van der Waals surface area contributed by atoms with Gasteiger partial charge in [-0.15, -0.1) is 0 Å². The Bertz CT molecular complexity index is 522. The van der Waals surface area contributed by atoms with Gasteiger partial charge < -0.3 is 15.8 Å². The van der Waals surface area contributed by atoms with Gasteiger partial charge in [0.25, 0.3) is 0 Å². The van der Waals surface area contributed by atoms with E-state index in [0.29, 0.717) is 6.04 Å². The van der Waals surface area contributed by atoms with Gasteiger partial charge in [-0.3, -0.25) is 0 Å². The van der Waals surface area contributed by atoms with Crippen molar-refractivity contribution in [2.45, 2.75) is 44.6 Å². The number of oxime groups is 1. The van der Waals surface area contributed by atoms with E-state index in [-0.39, 0.29) is 5.84 Å². The Labute approximate surface area is 113 Å². The molecule has 0 aliphatic heterocycles. The van der Waals surface area contributed by atoms with Crippen LogP contribution in [0.2, 0.25) is 0 Å². The average molecular weight is 260 g/mol. The molecule has 0 atom stereocenters. The zero-order chi connectivity index (χ0) is 13.4. The SMILES string of the molecule is CN(c1nc2c(cc1C(N)=NO)CCCC2)C1CC1. The molecule has 2 aliphatic rings. The van der Waals surface area contributed by atoms with Crippen molar-refractivity contribution in [1.29, 1.82) is 0 Å². The molecule has 0 spiro atoms. The van der Waals surface area contributed by atoms with Gasteiger partial charge in [0, 0.05) is 18.8 Å². The summed E-state index contributed by atoms with van der Waals surface area (Å²) in [6.45, 7) is 0. The third-order valence-corrected chi connectivity index (χ3v) is 4.09. The van der Waals surface area contributed by atoms with Crippen LogP contribution in [0.25, 0.3) is 0 Å². The number of nitrogens with zero attached hydrogens (tertiary/aromatic N) is 3. The van der Waals surface area contributed by atoms with Crippen molar-refractivity contribution in [2.24, 2.45) is 10.9 Å². The van der Waals surface area contributed by atoms with Gasteiger partial charge in [-0.1, -0.05) is 5.16 Å². The zero-order valence-corrected chi connectivity index (χ0v) is 11.3. The molecule has 1 saturated carbocycles. The molecule has 0 radical (unpaired) electrons. The van der Waals surface area contributed by atoms with E-state index in [1.807, 2.05) is 7.05 Å². The fourth-order valence-electron chi connectivity index (χ4n) is 2.77. The monoisotopic (exact) mass is 260 g/mol. The van der Waals surface area contributed by atoms with E-state index < -0.39 is 0 Å². The van der Waals surface area contributed by atoms with Crippen molar-refractivity contribution >= 4 is 11.7 Å². The summed E-state index contributed by atoms with van der Waals surface area (Å²) in [7, 11) is 2.05. The largest absolute Gasteiger partial charge is 0.409 e. The highest BCUT2D eigenvalue weighted by molar-refractivity contribution is 6.01. The maximum atomic E-state index is 8.97. The number of hydrogen-bond donors (Lipinski definition) is 2. The van der Waals surface area contributed by atoms with Crippen molar-refractivity contribution in [3.63, 3.8) is 0 Å². The maximum absolute atomic E-state index is 8.97. The quantitative estimate of drug-likeness (QED) is 0.375. The fraction of sp³-hybridized carbons (Fsp3) is 0.571. The second-order valence-electron chi connectivity index (χ2n) is 5.50. The number of anilines is 1. The number of fused-ring (bicyclic) bond motifs is 1. The summed E-state index contributed by atoms with van der Waals surface area (Å²) in [4.78, 5) is 6.97. The molecule has 1 fully saturated rings. The van der Waals surface area contributed by atoms with E-state index >= 15 is 0 Å². The van der Waals surface area contributed by atoms with Crippen LogP contribution in [0.1, 0.15) is 42.5 Å². The van der Waals surface area contributed by atoms with Crippen molar-refractivity contribution in [3.05, 3.63) is 22.9 Å². The zero-order valence-electron chi connectivity index (χ0n) is 11.3. The summed E-state index contributed by atoms with van der Waals surface area (Å²) >= 11 is 0. The lowest BCUT2D eigenvalue weighted by Crippen LogP contribution is -2.27. The first-order valence-corrected chi connectivity index (χ1v) is 6.94. The Morgan fingerprint density at radius 2 is 2.16 bits per heavy atom. The minimum Gasteiger partial charge on any atom is -0.409 e. The van der Waals surface area contributed by atoms with E-state index in [9.17, 15) is 0 Å². The van der Waals surface area contributed by atoms with Crippen LogP contribution in [0.5, 0.6) is 0 Å². The van der Waals surface area contributed by atoms with Gasteiger partial charge in [-0.25, -0.2) is 4.98 Å². The number of pyridine rings is 1. The molecule has 19 heavy (non-hydrogen) atoms. The Balaban J connectivity index is 2.08. The van der Waals surface area contributed by atoms with Gasteiger partial charge in [0.1, 0.15) is 5.82 Å². The molecular weight excluding hydrogens is 240 g/mol. The normalized spacial score (nSPS) is 19.1. The number of aryl methyl sites for hydroxylation is 2. The van der Waals surface area contributed by atoms with Gasteiger partial charge in [0.05, 0.1) is 5.56 Å². The lowest BCUT2D eigenvalue weighted by atomic mass is 9.94. The van der Waals surface area contributed by atoms with E-state index in [1.165, 1.54) is 36.9 Å². The molecule has 3 rings (SSSR count). The molecule has 0 saturated heterocycles. The average Bonchev–Trinajstić information content (AvgIpc) is 3.29. The van der Waals surface area contributed by atoms with Gasteiger partial charge in [-0.2, -0.15) is 0 Å². The Morgan fingerprint density at radius 1 is 1.42 bits per heavy atom. The molecule has 102 valence electrons. The van der Waals surface area contributed by atoms with Crippen LogP contribution in [-0.4, -0.2) is 29.1 Å². The Kier molecular flexibility index (Phi) is 3.05. The van der Waals surface area contributed by atoms with Crippen molar-refractivity contribution < 1.29 is 5.21 Å². The molecule has 3 N–H and O–H groups in total. The predicted octanol–water partition coefficient (Wildman–Crippen LogP) is 1.65. The molecule has 0 bridgehead atoms. The van der Waals surface area contributed by atoms with Gasteiger partial charge in [0.2, 0.25) is 0 Å². The molecule has 5 heteroatoms. The van der Waals surface area contributed by atoms with Crippen LogP contribution < -0.4 is 10.6 Å². The predicted molar refractivity (Wildman–Crippen MR) is 74.8 cm³/mol. The fourth-order valence-corrected chi connectivity index (χ4v) is 2.77. The third-order valence-electron chi connectivity index (χ3n) is 4.09. The lowest BCUT2D eigenvalue weighted by molar-refractivity contribution is 0.318. The summed E-state index contributed by atoms with van der Waals surface area (Å²) in [5, 5.41) is 12.1. The van der Waals surface area contributed by atoms with E-state index in [1.54, 1.807) is 0 Å². The minimum absolute atomic E-state index is 0.156. The highest BCUT2D eigenvalue weighted by Gasteiger charge is 2.30. The standard InChI is InChI=1S/C14H20N4O/c1-18(10-6-7-10)14-11(13(15)17-19)8-9-4-2-3-5-12(9)16-14/h8,10,19H,2-7H2,1H3,(H2,15,17). The summed E-state index contributed by atoms with van der Waals surface area (Å²) in [5.41, 5.74) is 9.02. The molecule has 0 amide bonds. The highest BCUT2D eigenvalue weighted by atomic mass is 16.4. The molecule has 1 aromatic heterocycles. The van der Waals surface area contributed by atoms with E-state index in [4.69, 9.17) is 15.9 Å². The van der Waals surface area contributed by atoms with Crippen LogP contribution in [0.15, 0.2) is 11.2 Å². The van der Waals surface area contributed by atoms with Crippen LogP contribution >= 0.6 is 0 Å². The topological polar surface area (TPSA) is 74.7 Å². The third kappa shape index (κ3) is 2.25. The Morgan fingerprint density at radius 3 is 2.84 bits per heavy atom. The minimum atomic E-state index is 0.156. The smallest absolute Gasteiger partial charge is 0.173 e. The van der Waals surface area contributed by atoms with Crippen molar-refractivity contribution in [2.75, 3.05) is 11.9 Å². The number of amidine groups is 1. The lowest BCUT2D eigenvalue weighted by Gasteiger charge is -2.24. The van der Waals surface area contributed by atoms with Gasteiger partial charge in [0.15, 0.2) is 5.84 Å². The summed E-state index contributed by atoms with van der Waals surface area (Å²) in [6.07, 6.45) is 6.88. The summed E-state index contributed by atoms with van der Waals surface area (Å²) < 4.78 is 0. The highest BCUT2D eigenvalue weighted by Crippen LogP contribution is 2.33. The first-order valence-electron chi connectivity index (χ1n) is 6.94. The van der Waals surface area contributed by atoms with Crippen LogP contribution in [-0.2, 0) is 12.8 Å². The molecule has 1 heterocycles. The van der Waals surface area contributed by atoms with Crippen molar-refractivity contribution in [3.8, 4) is 0 Å². The first kappa shape index (κ1) is 12.3. The molecule has 2 aliphatic carbocycles. The van der Waals surface area contributed by atoms with Crippen molar-refractivity contribution in [1.82, 2.24) is 4.98 Å². The van der Waals surface area contributed by atoms with Crippen LogP contribution in [0.4, 0.5) is 5.82 Å². The number of aromatic nitrogens is 1. The second-order valence-corrected chi connectivity index (χ2v) is 5.50.